The van der Waals surface area contributed by atoms with Crippen LogP contribution in [0.15, 0.2) is 35.2 Å². The van der Waals surface area contributed by atoms with Crippen LogP contribution in [0.1, 0.15) is 0 Å². The van der Waals surface area contributed by atoms with E-state index in [1.165, 1.54) is 12.1 Å². The fourth-order valence-corrected chi connectivity index (χ4v) is 1.60. The zero-order valence-corrected chi connectivity index (χ0v) is 9.12. The van der Waals surface area contributed by atoms with Crippen LogP contribution in [0.5, 0.6) is 0 Å². The summed E-state index contributed by atoms with van der Waals surface area (Å²) in [6, 6.07) is 6.45. The first-order chi connectivity index (χ1) is 6.68. The van der Waals surface area contributed by atoms with Gasteiger partial charge in [-0.2, -0.15) is 0 Å². The summed E-state index contributed by atoms with van der Waals surface area (Å²) in [6.07, 6.45) is 1.71. The first kappa shape index (κ1) is 9.40. The van der Waals surface area contributed by atoms with Crippen LogP contribution in [0, 0.1) is 5.82 Å². The van der Waals surface area contributed by atoms with Gasteiger partial charge in [-0.1, -0.05) is 12.1 Å². The van der Waals surface area contributed by atoms with Gasteiger partial charge in [0.05, 0.1) is 11.9 Å². The molecule has 2 aromatic rings. The minimum absolute atomic E-state index is 0.236. The molecule has 0 saturated heterocycles. The third kappa shape index (κ3) is 1.57. The maximum Gasteiger partial charge on any atom is 0.177 e. The van der Waals surface area contributed by atoms with Crippen LogP contribution in [-0.4, -0.2) is 9.55 Å². The summed E-state index contributed by atoms with van der Waals surface area (Å²) >= 11 is 3.29. The van der Waals surface area contributed by atoms with E-state index in [4.69, 9.17) is 0 Å². The molecule has 0 spiro atoms. The monoisotopic (exact) mass is 254 g/mol. The van der Waals surface area contributed by atoms with E-state index < -0.39 is 0 Å². The van der Waals surface area contributed by atoms with E-state index >= 15 is 0 Å². The van der Waals surface area contributed by atoms with Crippen LogP contribution in [0.25, 0.3) is 11.3 Å². The van der Waals surface area contributed by atoms with Gasteiger partial charge in [-0.05, 0) is 28.1 Å². The van der Waals surface area contributed by atoms with Crippen LogP contribution in [0.4, 0.5) is 4.39 Å². The normalized spacial score (nSPS) is 10.5. The number of halogens is 2. The van der Waals surface area contributed by atoms with Gasteiger partial charge in [0.1, 0.15) is 5.82 Å². The highest BCUT2D eigenvalue weighted by Crippen LogP contribution is 2.22. The molecule has 14 heavy (non-hydrogen) atoms. The number of nitrogens with zero attached hydrogens (tertiary/aromatic N) is 2. The summed E-state index contributed by atoms with van der Waals surface area (Å²) in [5.74, 6) is -0.236. The average Bonchev–Trinajstić information content (AvgIpc) is 2.48. The van der Waals surface area contributed by atoms with Crippen molar-refractivity contribution < 1.29 is 4.39 Å². The van der Waals surface area contributed by atoms with E-state index in [-0.39, 0.29) is 5.82 Å². The van der Waals surface area contributed by atoms with Gasteiger partial charge in [0.2, 0.25) is 0 Å². The molecule has 72 valence electrons. The molecule has 1 heterocycles. The lowest BCUT2D eigenvalue weighted by atomic mass is 10.1. The molecular weight excluding hydrogens is 247 g/mol. The van der Waals surface area contributed by atoms with Crippen LogP contribution in [-0.2, 0) is 7.05 Å². The Hall–Kier alpha value is -1.16. The molecule has 0 saturated carbocycles. The maximum absolute atomic E-state index is 12.9. The van der Waals surface area contributed by atoms with Crippen molar-refractivity contribution in [2.24, 2.45) is 7.05 Å². The number of benzene rings is 1. The third-order valence-electron chi connectivity index (χ3n) is 2.05. The minimum atomic E-state index is -0.236. The number of hydrogen-bond acceptors (Lipinski definition) is 1. The standard InChI is InChI=1S/C10H8BrFN2/c1-14-9(6-13-10(14)11)7-3-2-4-8(12)5-7/h2-6H,1H3. The van der Waals surface area contributed by atoms with E-state index in [0.717, 1.165) is 16.0 Å². The summed E-state index contributed by atoms with van der Waals surface area (Å²) in [5, 5.41) is 0. The molecule has 0 atom stereocenters. The van der Waals surface area contributed by atoms with Crippen LogP contribution < -0.4 is 0 Å². The molecule has 0 aliphatic carbocycles. The van der Waals surface area contributed by atoms with E-state index in [9.17, 15) is 4.39 Å². The molecule has 0 aliphatic rings. The van der Waals surface area contributed by atoms with Gasteiger partial charge < -0.3 is 4.57 Å². The lowest BCUT2D eigenvalue weighted by Gasteiger charge is -2.02. The van der Waals surface area contributed by atoms with Crippen molar-refractivity contribution in [2.75, 3.05) is 0 Å². The Labute approximate surface area is 89.5 Å². The summed E-state index contributed by atoms with van der Waals surface area (Å²) in [5.41, 5.74) is 1.71. The van der Waals surface area contributed by atoms with E-state index in [1.807, 2.05) is 17.7 Å². The van der Waals surface area contributed by atoms with Gasteiger partial charge in [-0.3, -0.25) is 0 Å². The van der Waals surface area contributed by atoms with Crippen LogP contribution >= 0.6 is 15.9 Å². The first-order valence-electron chi connectivity index (χ1n) is 4.11. The summed E-state index contributed by atoms with van der Waals surface area (Å²) in [6.45, 7) is 0. The Morgan fingerprint density at radius 1 is 1.43 bits per heavy atom. The van der Waals surface area contributed by atoms with Gasteiger partial charge >= 0.3 is 0 Å². The fraction of sp³-hybridized carbons (Fsp3) is 0.100. The topological polar surface area (TPSA) is 17.8 Å². The van der Waals surface area contributed by atoms with Gasteiger partial charge in [0.15, 0.2) is 4.73 Å². The average molecular weight is 255 g/mol. The second-order valence-electron chi connectivity index (χ2n) is 2.98. The van der Waals surface area contributed by atoms with Crippen LogP contribution in [0.2, 0.25) is 0 Å². The Morgan fingerprint density at radius 3 is 2.79 bits per heavy atom. The highest BCUT2D eigenvalue weighted by Gasteiger charge is 2.06. The Balaban J connectivity index is 2.55. The molecule has 0 radical (unpaired) electrons. The Morgan fingerprint density at radius 2 is 2.21 bits per heavy atom. The van der Waals surface area contributed by atoms with Gasteiger partial charge in [0, 0.05) is 12.6 Å². The molecule has 0 unspecified atom stereocenters. The molecule has 0 bridgehead atoms. The van der Waals surface area contributed by atoms with E-state index in [2.05, 4.69) is 20.9 Å². The molecule has 0 N–H and O–H groups in total. The zero-order valence-electron chi connectivity index (χ0n) is 7.54. The highest BCUT2D eigenvalue weighted by atomic mass is 79.9. The van der Waals surface area contributed by atoms with Crippen LogP contribution in [0.3, 0.4) is 0 Å². The van der Waals surface area contributed by atoms with E-state index in [1.54, 1.807) is 12.3 Å². The summed E-state index contributed by atoms with van der Waals surface area (Å²) < 4.78 is 15.5. The SMILES string of the molecule is Cn1c(-c2cccc(F)c2)cnc1Br. The van der Waals surface area contributed by atoms with Crippen molar-refractivity contribution in [3.8, 4) is 11.3 Å². The lowest BCUT2D eigenvalue weighted by Crippen LogP contribution is -1.91. The number of aromatic nitrogens is 2. The minimum Gasteiger partial charge on any atom is -0.322 e. The summed E-state index contributed by atoms with van der Waals surface area (Å²) in [7, 11) is 1.87. The molecule has 0 amide bonds. The van der Waals surface area contributed by atoms with Gasteiger partial charge in [-0.25, -0.2) is 9.37 Å². The molecule has 4 heteroatoms. The van der Waals surface area contributed by atoms with Gasteiger partial charge in [0.25, 0.3) is 0 Å². The molecular formula is C10H8BrFN2. The third-order valence-corrected chi connectivity index (χ3v) is 2.79. The number of rotatable bonds is 1. The molecule has 1 aromatic carbocycles. The van der Waals surface area contributed by atoms with E-state index in [0.29, 0.717) is 0 Å². The predicted octanol–water partition coefficient (Wildman–Crippen LogP) is 2.99. The zero-order chi connectivity index (χ0) is 10.1. The Bertz CT molecular complexity index is 465. The number of hydrogen-bond donors (Lipinski definition) is 0. The highest BCUT2D eigenvalue weighted by molar-refractivity contribution is 9.10. The van der Waals surface area contributed by atoms with Crippen molar-refractivity contribution in [3.05, 3.63) is 41.0 Å². The first-order valence-corrected chi connectivity index (χ1v) is 4.91. The lowest BCUT2D eigenvalue weighted by molar-refractivity contribution is 0.628. The molecule has 2 nitrogen and oxygen atoms in total. The van der Waals surface area contributed by atoms with Crippen molar-refractivity contribution in [1.29, 1.82) is 0 Å². The van der Waals surface area contributed by atoms with Crippen molar-refractivity contribution in [1.82, 2.24) is 9.55 Å². The fourth-order valence-electron chi connectivity index (χ4n) is 1.30. The Kier molecular flexibility index (Phi) is 2.37. The summed E-state index contributed by atoms with van der Waals surface area (Å²) in [4.78, 5) is 4.08. The number of imidazole rings is 1. The molecule has 0 aliphatic heterocycles. The van der Waals surface area contributed by atoms with Gasteiger partial charge in [-0.15, -0.1) is 0 Å². The van der Waals surface area contributed by atoms with Crippen molar-refractivity contribution in [2.45, 2.75) is 0 Å². The predicted molar refractivity (Wildman–Crippen MR) is 56.3 cm³/mol. The second-order valence-corrected chi connectivity index (χ2v) is 3.69. The van der Waals surface area contributed by atoms with Crippen molar-refractivity contribution in [3.63, 3.8) is 0 Å². The maximum atomic E-state index is 12.9. The quantitative estimate of drug-likeness (QED) is 0.765. The molecule has 1 aromatic heterocycles. The molecule has 2 rings (SSSR count). The van der Waals surface area contributed by atoms with Crippen molar-refractivity contribution >= 4 is 15.9 Å². The smallest absolute Gasteiger partial charge is 0.177 e. The second kappa shape index (κ2) is 3.53. The molecule has 0 fully saturated rings. The largest absolute Gasteiger partial charge is 0.322 e.